The van der Waals surface area contributed by atoms with Crippen molar-refractivity contribution in [3.05, 3.63) is 83.7 Å². The molecule has 5 heteroatoms. The highest BCUT2D eigenvalue weighted by molar-refractivity contribution is 5.89. The number of hydrogen-bond acceptors (Lipinski definition) is 3. The van der Waals surface area contributed by atoms with Gasteiger partial charge in [0.05, 0.1) is 11.3 Å². The summed E-state index contributed by atoms with van der Waals surface area (Å²) in [5, 5.41) is 9.26. The van der Waals surface area contributed by atoms with Crippen LogP contribution in [0, 0.1) is 5.82 Å². The molecule has 0 radical (unpaired) electrons. The van der Waals surface area contributed by atoms with Gasteiger partial charge in [-0.05, 0) is 23.8 Å². The number of rotatable bonds is 5. The van der Waals surface area contributed by atoms with Crippen LogP contribution in [0.3, 0.4) is 0 Å². The Bertz CT molecular complexity index is 865. The van der Waals surface area contributed by atoms with Crippen LogP contribution in [0.15, 0.2) is 66.7 Å². The monoisotopic (exact) mass is 323 g/mol. The highest BCUT2D eigenvalue weighted by atomic mass is 19.1. The van der Waals surface area contributed by atoms with Gasteiger partial charge in [-0.1, -0.05) is 42.5 Å². The van der Waals surface area contributed by atoms with E-state index in [4.69, 9.17) is 4.74 Å². The second kappa shape index (κ2) is 6.91. The van der Waals surface area contributed by atoms with Gasteiger partial charge in [0.1, 0.15) is 12.4 Å². The number of hydrogen-bond donors (Lipinski definition) is 1. The van der Waals surface area contributed by atoms with Gasteiger partial charge in [0.2, 0.25) is 5.88 Å². The maximum atomic E-state index is 13.4. The third-order valence-corrected chi connectivity index (χ3v) is 3.40. The second-order valence-electron chi connectivity index (χ2n) is 5.17. The first kappa shape index (κ1) is 15.7. The third-order valence-electron chi connectivity index (χ3n) is 3.40. The molecular weight excluding hydrogens is 309 g/mol. The van der Waals surface area contributed by atoms with Crippen molar-refractivity contribution >= 4 is 5.97 Å². The SMILES string of the molecule is O=C(O)c1cc(OCc2ccccc2)nc(-c2cccc(F)c2)c1. The van der Waals surface area contributed by atoms with E-state index < -0.39 is 11.8 Å². The molecule has 0 fully saturated rings. The molecule has 1 aromatic heterocycles. The highest BCUT2D eigenvalue weighted by Crippen LogP contribution is 2.23. The molecule has 3 aromatic rings. The molecule has 0 unspecified atom stereocenters. The van der Waals surface area contributed by atoms with E-state index >= 15 is 0 Å². The van der Waals surface area contributed by atoms with Gasteiger partial charge in [-0.3, -0.25) is 0 Å². The summed E-state index contributed by atoms with van der Waals surface area (Å²) in [5.41, 5.74) is 1.81. The number of pyridine rings is 1. The normalized spacial score (nSPS) is 10.4. The Labute approximate surface area is 138 Å². The zero-order valence-corrected chi connectivity index (χ0v) is 12.6. The van der Waals surface area contributed by atoms with E-state index in [1.807, 2.05) is 30.3 Å². The van der Waals surface area contributed by atoms with Crippen molar-refractivity contribution in [2.24, 2.45) is 0 Å². The summed E-state index contributed by atoms with van der Waals surface area (Å²) in [7, 11) is 0. The quantitative estimate of drug-likeness (QED) is 0.766. The molecule has 0 atom stereocenters. The Morgan fingerprint density at radius 1 is 1.04 bits per heavy atom. The molecule has 0 aliphatic carbocycles. The van der Waals surface area contributed by atoms with Crippen molar-refractivity contribution in [3.8, 4) is 17.1 Å². The predicted octanol–water partition coefficient (Wildman–Crippen LogP) is 4.16. The summed E-state index contributed by atoms with van der Waals surface area (Å²) in [6.07, 6.45) is 0. The molecule has 0 bridgehead atoms. The molecule has 3 rings (SSSR count). The standard InChI is InChI=1S/C19H14FNO3/c20-16-8-4-7-14(9-16)17-10-15(19(22)23)11-18(21-17)24-12-13-5-2-1-3-6-13/h1-11H,12H2,(H,22,23). The van der Waals surface area contributed by atoms with Crippen LogP contribution < -0.4 is 4.74 Å². The van der Waals surface area contributed by atoms with E-state index in [0.717, 1.165) is 5.56 Å². The number of carbonyl (C=O) groups is 1. The maximum Gasteiger partial charge on any atom is 0.335 e. The van der Waals surface area contributed by atoms with E-state index in [-0.39, 0.29) is 18.1 Å². The Balaban J connectivity index is 1.92. The van der Waals surface area contributed by atoms with Crippen LogP contribution in [0.1, 0.15) is 15.9 Å². The van der Waals surface area contributed by atoms with Crippen molar-refractivity contribution in [3.63, 3.8) is 0 Å². The van der Waals surface area contributed by atoms with Crippen LogP contribution in [0.25, 0.3) is 11.3 Å². The maximum absolute atomic E-state index is 13.4. The second-order valence-corrected chi connectivity index (χ2v) is 5.17. The first-order chi connectivity index (χ1) is 11.6. The van der Waals surface area contributed by atoms with Crippen molar-refractivity contribution in [2.75, 3.05) is 0 Å². The molecule has 1 heterocycles. The number of aromatic nitrogens is 1. The molecule has 4 nitrogen and oxygen atoms in total. The summed E-state index contributed by atoms with van der Waals surface area (Å²) in [6.45, 7) is 0.263. The largest absolute Gasteiger partial charge is 0.478 e. The Kier molecular flexibility index (Phi) is 4.52. The van der Waals surface area contributed by atoms with E-state index in [2.05, 4.69) is 4.98 Å². The number of carboxylic acids is 1. The van der Waals surface area contributed by atoms with Gasteiger partial charge < -0.3 is 9.84 Å². The molecule has 24 heavy (non-hydrogen) atoms. The number of benzene rings is 2. The lowest BCUT2D eigenvalue weighted by atomic mass is 10.1. The minimum absolute atomic E-state index is 0.0346. The molecule has 0 saturated carbocycles. The van der Waals surface area contributed by atoms with Crippen LogP contribution >= 0.6 is 0 Å². The van der Waals surface area contributed by atoms with Gasteiger partial charge in [0.25, 0.3) is 0 Å². The van der Waals surface area contributed by atoms with Crippen LogP contribution in [0.4, 0.5) is 4.39 Å². The zero-order valence-electron chi connectivity index (χ0n) is 12.6. The van der Waals surface area contributed by atoms with Gasteiger partial charge in [0, 0.05) is 11.6 Å². The fourth-order valence-electron chi connectivity index (χ4n) is 2.23. The lowest BCUT2D eigenvalue weighted by Crippen LogP contribution is -2.03. The number of carboxylic acid groups (broad SMARTS) is 1. The molecule has 0 aliphatic rings. The van der Waals surface area contributed by atoms with Crippen molar-refractivity contribution in [1.29, 1.82) is 0 Å². The molecule has 0 saturated heterocycles. The Morgan fingerprint density at radius 2 is 1.83 bits per heavy atom. The molecule has 0 amide bonds. The van der Waals surface area contributed by atoms with Gasteiger partial charge in [0.15, 0.2) is 0 Å². The van der Waals surface area contributed by atoms with Crippen molar-refractivity contribution in [1.82, 2.24) is 4.98 Å². The average molecular weight is 323 g/mol. The summed E-state index contributed by atoms with van der Waals surface area (Å²) in [5.74, 6) is -1.33. The molecule has 120 valence electrons. The lowest BCUT2D eigenvalue weighted by molar-refractivity contribution is 0.0696. The van der Waals surface area contributed by atoms with Gasteiger partial charge >= 0.3 is 5.97 Å². The van der Waals surface area contributed by atoms with Crippen LogP contribution in [-0.4, -0.2) is 16.1 Å². The molecule has 0 aliphatic heterocycles. The summed E-state index contributed by atoms with van der Waals surface area (Å²) >= 11 is 0. The molecule has 0 spiro atoms. The minimum atomic E-state index is -1.10. The van der Waals surface area contributed by atoms with E-state index in [9.17, 15) is 14.3 Å². The topological polar surface area (TPSA) is 59.4 Å². The van der Waals surface area contributed by atoms with E-state index in [0.29, 0.717) is 11.3 Å². The number of halogens is 1. The Morgan fingerprint density at radius 3 is 2.54 bits per heavy atom. The summed E-state index contributed by atoms with van der Waals surface area (Å²) < 4.78 is 19.0. The first-order valence-electron chi connectivity index (χ1n) is 7.30. The number of ether oxygens (including phenoxy) is 1. The van der Waals surface area contributed by atoms with E-state index in [1.54, 1.807) is 12.1 Å². The van der Waals surface area contributed by atoms with Crippen molar-refractivity contribution in [2.45, 2.75) is 6.61 Å². The smallest absolute Gasteiger partial charge is 0.335 e. The highest BCUT2D eigenvalue weighted by Gasteiger charge is 2.11. The number of nitrogens with zero attached hydrogens (tertiary/aromatic N) is 1. The molecular formula is C19H14FNO3. The summed E-state index contributed by atoms with van der Waals surface area (Å²) in [6, 6.07) is 18.0. The predicted molar refractivity (Wildman–Crippen MR) is 87.4 cm³/mol. The van der Waals surface area contributed by atoms with E-state index in [1.165, 1.54) is 24.3 Å². The van der Waals surface area contributed by atoms with Crippen LogP contribution in [0.5, 0.6) is 5.88 Å². The fraction of sp³-hybridized carbons (Fsp3) is 0.0526. The summed E-state index contributed by atoms with van der Waals surface area (Å²) in [4.78, 5) is 15.6. The average Bonchev–Trinajstić information content (AvgIpc) is 2.60. The number of aromatic carboxylic acids is 1. The first-order valence-corrected chi connectivity index (χ1v) is 7.30. The van der Waals surface area contributed by atoms with Gasteiger partial charge in [-0.2, -0.15) is 0 Å². The molecule has 2 aromatic carbocycles. The minimum Gasteiger partial charge on any atom is -0.478 e. The molecule has 1 N–H and O–H groups in total. The zero-order chi connectivity index (χ0) is 16.9. The lowest BCUT2D eigenvalue weighted by Gasteiger charge is -2.09. The van der Waals surface area contributed by atoms with Gasteiger partial charge in [-0.15, -0.1) is 0 Å². The fourth-order valence-corrected chi connectivity index (χ4v) is 2.23. The van der Waals surface area contributed by atoms with Crippen LogP contribution in [0.2, 0.25) is 0 Å². The van der Waals surface area contributed by atoms with Crippen molar-refractivity contribution < 1.29 is 19.0 Å². The Hall–Kier alpha value is -3.21. The third kappa shape index (κ3) is 3.76. The van der Waals surface area contributed by atoms with Crippen LogP contribution in [-0.2, 0) is 6.61 Å². The van der Waals surface area contributed by atoms with Gasteiger partial charge in [-0.25, -0.2) is 14.2 Å².